The first kappa shape index (κ1) is 25.7. The van der Waals surface area contributed by atoms with Gasteiger partial charge in [-0.2, -0.15) is 4.31 Å². The molecule has 1 aliphatic rings. The second-order valence-corrected chi connectivity index (χ2v) is 11.6. The van der Waals surface area contributed by atoms with Gasteiger partial charge in [-0.05, 0) is 49.2 Å². The number of hydrogen-bond acceptors (Lipinski definition) is 7. The highest BCUT2D eigenvalue weighted by Crippen LogP contribution is 2.34. The summed E-state index contributed by atoms with van der Waals surface area (Å²) in [6.07, 6.45) is 1.10. The van der Waals surface area contributed by atoms with Gasteiger partial charge in [0.2, 0.25) is 15.9 Å². The number of aromatic nitrogens is 1. The lowest BCUT2D eigenvalue weighted by Gasteiger charge is -2.31. The van der Waals surface area contributed by atoms with Crippen LogP contribution in [-0.2, 0) is 14.8 Å². The first-order chi connectivity index (χ1) is 16.7. The van der Waals surface area contributed by atoms with Gasteiger partial charge >= 0.3 is 0 Å². The van der Waals surface area contributed by atoms with E-state index in [1.165, 1.54) is 41.0 Å². The Bertz CT molecular complexity index is 1350. The number of hydrogen-bond donors (Lipinski definition) is 2. The van der Waals surface area contributed by atoms with Gasteiger partial charge in [0, 0.05) is 36.1 Å². The number of anilines is 2. The van der Waals surface area contributed by atoms with Gasteiger partial charge < -0.3 is 15.4 Å². The quantitative estimate of drug-likeness (QED) is 0.416. The molecule has 0 radical (unpaired) electrons. The van der Waals surface area contributed by atoms with E-state index >= 15 is 0 Å². The summed E-state index contributed by atoms with van der Waals surface area (Å²) < 4.78 is 33.2. The molecule has 0 unspecified atom stereocenters. The summed E-state index contributed by atoms with van der Waals surface area (Å²) in [4.78, 5) is 17.6. The van der Waals surface area contributed by atoms with Crippen molar-refractivity contribution < 1.29 is 17.9 Å². The van der Waals surface area contributed by atoms with E-state index in [0.717, 1.165) is 16.4 Å². The van der Waals surface area contributed by atoms with Gasteiger partial charge in [-0.25, -0.2) is 13.4 Å². The first-order valence-electron chi connectivity index (χ1n) is 10.8. The Kier molecular flexibility index (Phi) is 7.87. The number of halogens is 2. The SMILES string of the molecule is CNc1nc(-c2ccc(OC)c(NC(=O)[C@H]3CCCN(S(=O)(=O)c4cc(Cl)ccc4Cl)C3)c2)cs1. The van der Waals surface area contributed by atoms with Gasteiger partial charge in [0.15, 0.2) is 5.13 Å². The van der Waals surface area contributed by atoms with Crippen molar-refractivity contribution in [2.75, 3.05) is 37.9 Å². The number of carbonyl (C=O) groups is 1. The van der Waals surface area contributed by atoms with Crippen LogP contribution in [0.15, 0.2) is 46.7 Å². The molecular weight excluding hydrogens is 531 g/mol. The molecule has 2 N–H and O–H groups in total. The van der Waals surface area contributed by atoms with Gasteiger partial charge in [0.1, 0.15) is 10.6 Å². The third kappa shape index (κ3) is 5.57. The Morgan fingerprint density at radius 3 is 2.74 bits per heavy atom. The molecule has 1 aromatic heterocycles. The van der Waals surface area contributed by atoms with Crippen molar-refractivity contribution in [2.45, 2.75) is 17.7 Å². The predicted molar refractivity (Wildman–Crippen MR) is 140 cm³/mol. The topological polar surface area (TPSA) is 101 Å². The second kappa shape index (κ2) is 10.7. The number of benzene rings is 2. The monoisotopic (exact) mass is 554 g/mol. The lowest BCUT2D eigenvalue weighted by molar-refractivity contribution is -0.120. The molecule has 1 aliphatic heterocycles. The molecule has 186 valence electrons. The number of ether oxygens (including phenoxy) is 1. The van der Waals surface area contributed by atoms with Gasteiger partial charge in [-0.3, -0.25) is 4.79 Å². The lowest BCUT2D eigenvalue weighted by atomic mass is 9.98. The molecule has 1 atom stereocenters. The number of carbonyl (C=O) groups excluding carboxylic acids is 1. The average Bonchev–Trinajstić information content (AvgIpc) is 3.35. The Balaban J connectivity index is 1.54. The lowest BCUT2D eigenvalue weighted by Crippen LogP contribution is -2.43. The minimum atomic E-state index is -3.91. The summed E-state index contributed by atoms with van der Waals surface area (Å²) in [5.41, 5.74) is 2.08. The third-order valence-electron chi connectivity index (χ3n) is 5.74. The van der Waals surface area contributed by atoms with Crippen molar-refractivity contribution in [3.8, 4) is 17.0 Å². The minimum Gasteiger partial charge on any atom is -0.495 e. The highest BCUT2D eigenvalue weighted by Gasteiger charge is 2.34. The fourth-order valence-corrected chi connectivity index (χ4v) is 6.85. The third-order valence-corrected chi connectivity index (χ3v) is 9.18. The van der Waals surface area contributed by atoms with E-state index in [-0.39, 0.29) is 27.4 Å². The van der Waals surface area contributed by atoms with Gasteiger partial charge in [-0.1, -0.05) is 23.2 Å². The van der Waals surface area contributed by atoms with Crippen LogP contribution in [-0.4, -0.2) is 50.9 Å². The highest BCUT2D eigenvalue weighted by molar-refractivity contribution is 7.89. The van der Waals surface area contributed by atoms with Crippen molar-refractivity contribution >= 4 is 61.3 Å². The molecule has 35 heavy (non-hydrogen) atoms. The maximum atomic E-state index is 13.2. The van der Waals surface area contributed by atoms with Gasteiger partial charge in [0.25, 0.3) is 0 Å². The van der Waals surface area contributed by atoms with Crippen LogP contribution in [0.25, 0.3) is 11.3 Å². The summed E-state index contributed by atoms with van der Waals surface area (Å²) in [5, 5.41) is 8.99. The number of nitrogens with one attached hydrogen (secondary N) is 2. The number of thiazole rings is 1. The molecule has 1 saturated heterocycles. The van der Waals surface area contributed by atoms with Gasteiger partial charge in [0.05, 0.1) is 29.4 Å². The number of amides is 1. The van der Waals surface area contributed by atoms with E-state index in [4.69, 9.17) is 27.9 Å². The second-order valence-electron chi connectivity index (χ2n) is 7.97. The highest BCUT2D eigenvalue weighted by atomic mass is 35.5. The molecule has 2 heterocycles. The molecule has 0 aliphatic carbocycles. The number of piperidine rings is 1. The maximum Gasteiger partial charge on any atom is 0.244 e. The van der Waals surface area contributed by atoms with Crippen LogP contribution in [0.3, 0.4) is 0 Å². The summed E-state index contributed by atoms with van der Waals surface area (Å²) in [5.74, 6) is -0.330. The van der Waals surface area contributed by atoms with E-state index in [2.05, 4.69) is 15.6 Å². The van der Waals surface area contributed by atoms with Gasteiger partial charge in [-0.15, -0.1) is 11.3 Å². The molecule has 0 saturated carbocycles. The summed E-state index contributed by atoms with van der Waals surface area (Å²) in [7, 11) is -0.585. The molecule has 1 amide bonds. The minimum absolute atomic E-state index is 0.0383. The Hall–Kier alpha value is -2.37. The molecule has 1 fully saturated rings. The van der Waals surface area contributed by atoms with E-state index in [0.29, 0.717) is 30.8 Å². The van der Waals surface area contributed by atoms with Crippen molar-refractivity contribution in [2.24, 2.45) is 5.92 Å². The Morgan fingerprint density at radius 1 is 1.23 bits per heavy atom. The maximum absolute atomic E-state index is 13.2. The number of rotatable bonds is 7. The molecule has 8 nitrogen and oxygen atoms in total. The fourth-order valence-electron chi connectivity index (χ4n) is 3.91. The first-order valence-corrected chi connectivity index (χ1v) is 13.9. The molecule has 0 bridgehead atoms. The van der Waals surface area contributed by atoms with Crippen LogP contribution >= 0.6 is 34.5 Å². The Labute approximate surface area is 218 Å². The smallest absolute Gasteiger partial charge is 0.244 e. The normalized spacial score (nSPS) is 16.6. The molecule has 3 aromatic rings. The Morgan fingerprint density at radius 2 is 2.03 bits per heavy atom. The zero-order valence-corrected chi connectivity index (χ0v) is 22.2. The van der Waals surface area contributed by atoms with E-state index in [1.54, 1.807) is 19.2 Å². The summed E-state index contributed by atoms with van der Waals surface area (Å²) in [6, 6.07) is 9.74. The number of nitrogens with zero attached hydrogens (tertiary/aromatic N) is 2. The van der Waals surface area contributed by atoms with E-state index in [1.807, 2.05) is 11.4 Å². The van der Waals surface area contributed by atoms with Crippen LogP contribution in [0, 0.1) is 5.92 Å². The van der Waals surface area contributed by atoms with E-state index in [9.17, 15) is 13.2 Å². The zero-order chi connectivity index (χ0) is 25.2. The van der Waals surface area contributed by atoms with Crippen LogP contribution in [0.4, 0.5) is 10.8 Å². The van der Waals surface area contributed by atoms with E-state index < -0.39 is 15.9 Å². The van der Waals surface area contributed by atoms with Crippen molar-refractivity contribution in [1.29, 1.82) is 0 Å². The average molecular weight is 556 g/mol. The molecule has 0 spiro atoms. The molecule has 12 heteroatoms. The van der Waals surface area contributed by atoms with Crippen LogP contribution in [0.5, 0.6) is 5.75 Å². The molecule has 2 aromatic carbocycles. The van der Waals surface area contributed by atoms with Crippen molar-refractivity contribution in [1.82, 2.24) is 9.29 Å². The largest absolute Gasteiger partial charge is 0.495 e. The van der Waals surface area contributed by atoms with Crippen molar-refractivity contribution in [3.05, 3.63) is 51.8 Å². The zero-order valence-electron chi connectivity index (χ0n) is 19.0. The van der Waals surface area contributed by atoms with Crippen LogP contribution < -0.4 is 15.4 Å². The summed E-state index contributed by atoms with van der Waals surface area (Å²) in [6.45, 7) is 0.335. The molecule has 4 rings (SSSR count). The van der Waals surface area contributed by atoms with Crippen LogP contribution in [0.1, 0.15) is 12.8 Å². The standard InChI is InChI=1S/C23H24Cl2N4O4S2/c1-26-23-28-19(13-34-23)14-5-8-20(33-2)18(10-14)27-22(30)15-4-3-9-29(12-15)35(31,32)21-11-16(24)6-7-17(21)25/h5-8,10-11,13,15H,3-4,9,12H2,1-2H3,(H,26,28)(H,27,30)/t15-/m0/s1. The van der Waals surface area contributed by atoms with Crippen LogP contribution in [0.2, 0.25) is 10.0 Å². The predicted octanol–water partition coefficient (Wildman–Crippen LogP) is 5.21. The fraction of sp³-hybridized carbons (Fsp3) is 0.304. The summed E-state index contributed by atoms with van der Waals surface area (Å²) >= 11 is 13.6. The number of methoxy groups -OCH3 is 1. The number of sulfonamides is 1. The van der Waals surface area contributed by atoms with Crippen molar-refractivity contribution in [3.63, 3.8) is 0 Å². The molecular formula is C23H24Cl2N4O4S2.